The van der Waals surface area contributed by atoms with Crippen molar-refractivity contribution in [2.75, 3.05) is 5.32 Å². The Bertz CT molecular complexity index is 1610. The molecule has 0 unspecified atom stereocenters. The summed E-state index contributed by atoms with van der Waals surface area (Å²) in [6.45, 7) is 0. The molecule has 0 aromatic heterocycles. The Morgan fingerprint density at radius 3 is 2.33 bits per heavy atom. The Morgan fingerprint density at radius 1 is 0.850 bits per heavy atom. The second-order valence-electron chi connectivity index (χ2n) is 8.20. The molecule has 0 radical (unpaired) electrons. The molecule has 0 atom stereocenters. The fourth-order valence-electron chi connectivity index (χ4n) is 3.39. The van der Waals surface area contributed by atoms with Gasteiger partial charge in [-0.15, -0.1) is 0 Å². The molecule has 0 spiro atoms. The molecule has 2 amide bonds. The molecule has 0 bridgehead atoms. The van der Waals surface area contributed by atoms with Crippen molar-refractivity contribution in [1.82, 2.24) is 5.43 Å². The highest BCUT2D eigenvalue weighted by Crippen LogP contribution is 2.23. The number of ether oxygens (including phenoxy) is 1. The normalized spacial score (nSPS) is 11.0. The summed E-state index contributed by atoms with van der Waals surface area (Å²) in [7, 11) is 0. The molecule has 4 rings (SSSR count). The van der Waals surface area contributed by atoms with Crippen LogP contribution in [0.3, 0.4) is 0 Å². The summed E-state index contributed by atoms with van der Waals surface area (Å²) in [5, 5.41) is 7.37. The number of benzene rings is 4. The molecule has 0 aliphatic carbocycles. The third-order valence-corrected chi connectivity index (χ3v) is 6.39. The summed E-state index contributed by atoms with van der Waals surface area (Å²) < 4.78 is 6.19. The number of hydrogen-bond acceptors (Lipinski definition) is 5. The van der Waals surface area contributed by atoms with Crippen LogP contribution in [-0.2, 0) is 4.79 Å². The highest BCUT2D eigenvalue weighted by Gasteiger charge is 2.12. The zero-order chi connectivity index (χ0) is 28.5. The summed E-state index contributed by atoms with van der Waals surface area (Å²) in [4.78, 5) is 37.4. The van der Waals surface area contributed by atoms with Crippen LogP contribution in [0.5, 0.6) is 5.75 Å². The first-order valence-corrected chi connectivity index (χ1v) is 13.3. The van der Waals surface area contributed by atoms with Crippen molar-refractivity contribution in [1.29, 1.82) is 0 Å². The first-order valence-electron chi connectivity index (χ1n) is 11.7. The molecule has 4 aromatic carbocycles. The topological polar surface area (TPSA) is 96.9 Å². The monoisotopic (exact) mass is 635 g/mol. The summed E-state index contributed by atoms with van der Waals surface area (Å²) in [5.41, 5.74) is 4.82. The van der Waals surface area contributed by atoms with Gasteiger partial charge < -0.3 is 10.1 Å². The number of carbonyl (C=O) groups is 3. The van der Waals surface area contributed by atoms with Crippen LogP contribution in [0.2, 0.25) is 10.0 Å². The number of anilines is 1. The van der Waals surface area contributed by atoms with Crippen LogP contribution < -0.4 is 15.5 Å². The van der Waals surface area contributed by atoms with E-state index in [0.717, 1.165) is 10.0 Å². The first-order chi connectivity index (χ1) is 19.3. The van der Waals surface area contributed by atoms with Gasteiger partial charge in [-0.05, 0) is 72.3 Å². The van der Waals surface area contributed by atoms with E-state index in [4.69, 9.17) is 27.9 Å². The second kappa shape index (κ2) is 13.7. The third-order valence-electron chi connectivity index (χ3n) is 5.34. The van der Waals surface area contributed by atoms with E-state index in [1.54, 1.807) is 42.5 Å². The van der Waals surface area contributed by atoms with Crippen molar-refractivity contribution in [2.24, 2.45) is 5.10 Å². The van der Waals surface area contributed by atoms with Gasteiger partial charge in [-0.25, -0.2) is 10.2 Å². The zero-order valence-corrected chi connectivity index (χ0v) is 23.7. The number of amides is 2. The summed E-state index contributed by atoms with van der Waals surface area (Å²) in [6, 6.07) is 25.2. The maximum Gasteiger partial charge on any atom is 0.336 e. The predicted octanol–water partition coefficient (Wildman–Crippen LogP) is 7.39. The van der Waals surface area contributed by atoms with E-state index in [9.17, 15) is 14.4 Å². The van der Waals surface area contributed by atoms with E-state index in [2.05, 4.69) is 31.8 Å². The van der Waals surface area contributed by atoms with Gasteiger partial charge in [0.05, 0.1) is 16.8 Å². The first kappa shape index (κ1) is 28.8. The molecule has 0 aliphatic rings. The minimum Gasteiger partial charge on any atom is -0.423 e. The zero-order valence-electron chi connectivity index (χ0n) is 20.6. The van der Waals surface area contributed by atoms with Gasteiger partial charge in [0.1, 0.15) is 5.75 Å². The van der Waals surface area contributed by atoms with Gasteiger partial charge in [0, 0.05) is 32.4 Å². The van der Waals surface area contributed by atoms with Crippen LogP contribution in [0.4, 0.5) is 5.69 Å². The van der Waals surface area contributed by atoms with Gasteiger partial charge in [0.25, 0.3) is 11.8 Å². The minimum absolute atomic E-state index is 0.228. The lowest BCUT2D eigenvalue weighted by Crippen LogP contribution is -2.18. The number of esters is 1. The Kier molecular flexibility index (Phi) is 9.86. The standard InChI is InChI=1S/C30H20BrCl2N3O4/c31-22-9-14-27(40-28(37)15-6-19-4-2-1-3-5-19)21(16-22)18-34-36-29(38)20-7-11-24(12-8-20)35-30(39)25-13-10-23(32)17-26(25)33/h1-18H,(H,35,39)(H,36,38)/b15-6+,34-18-. The summed E-state index contributed by atoms with van der Waals surface area (Å²) in [5.74, 6) is -1.18. The van der Waals surface area contributed by atoms with Gasteiger partial charge >= 0.3 is 5.97 Å². The molecular weight excluding hydrogens is 617 g/mol. The number of carbonyl (C=O) groups excluding carboxylic acids is 3. The molecule has 0 heterocycles. The van der Waals surface area contributed by atoms with E-state index in [-0.39, 0.29) is 16.3 Å². The largest absolute Gasteiger partial charge is 0.423 e. The van der Waals surface area contributed by atoms with Crippen LogP contribution in [0.1, 0.15) is 31.8 Å². The van der Waals surface area contributed by atoms with Gasteiger partial charge in [-0.1, -0.05) is 69.5 Å². The molecule has 4 aromatic rings. The highest BCUT2D eigenvalue weighted by molar-refractivity contribution is 9.10. The molecule has 40 heavy (non-hydrogen) atoms. The maximum absolute atomic E-state index is 12.6. The molecular formula is C30H20BrCl2N3O4. The van der Waals surface area contributed by atoms with Crippen LogP contribution in [0.15, 0.2) is 107 Å². The Balaban J connectivity index is 1.36. The summed E-state index contributed by atoms with van der Waals surface area (Å²) >= 11 is 15.3. The fourth-order valence-corrected chi connectivity index (χ4v) is 4.26. The molecule has 10 heteroatoms. The molecule has 2 N–H and O–H groups in total. The van der Waals surface area contributed by atoms with Crippen molar-refractivity contribution in [3.63, 3.8) is 0 Å². The average Bonchev–Trinajstić information content (AvgIpc) is 2.94. The predicted molar refractivity (Wildman–Crippen MR) is 161 cm³/mol. The van der Waals surface area contributed by atoms with Crippen molar-refractivity contribution in [3.05, 3.63) is 134 Å². The molecule has 0 fully saturated rings. The van der Waals surface area contributed by atoms with E-state index in [1.807, 2.05) is 30.3 Å². The number of nitrogens with one attached hydrogen (secondary N) is 2. The minimum atomic E-state index is -0.560. The van der Waals surface area contributed by atoms with Crippen LogP contribution in [-0.4, -0.2) is 24.0 Å². The number of halogens is 3. The second-order valence-corrected chi connectivity index (χ2v) is 9.96. The highest BCUT2D eigenvalue weighted by atomic mass is 79.9. The Labute approximate surface area is 248 Å². The summed E-state index contributed by atoms with van der Waals surface area (Å²) in [6.07, 6.45) is 4.35. The fraction of sp³-hybridized carbons (Fsp3) is 0. The number of nitrogens with zero attached hydrogens (tertiary/aromatic N) is 1. The van der Waals surface area contributed by atoms with Gasteiger partial charge in [-0.2, -0.15) is 5.10 Å². The van der Waals surface area contributed by atoms with Crippen molar-refractivity contribution >= 4 is 74.9 Å². The van der Waals surface area contributed by atoms with Gasteiger partial charge in [0.15, 0.2) is 0 Å². The smallest absolute Gasteiger partial charge is 0.336 e. The molecule has 200 valence electrons. The van der Waals surface area contributed by atoms with Crippen LogP contribution in [0, 0.1) is 0 Å². The van der Waals surface area contributed by atoms with Crippen molar-refractivity contribution in [2.45, 2.75) is 0 Å². The lowest BCUT2D eigenvalue weighted by molar-refractivity contribution is -0.128. The third kappa shape index (κ3) is 8.13. The van der Waals surface area contributed by atoms with Crippen molar-refractivity contribution < 1.29 is 19.1 Å². The van der Waals surface area contributed by atoms with E-state index in [1.165, 1.54) is 36.6 Å². The van der Waals surface area contributed by atoms with Crippen LogP contribution >= 0.6 is 39.1 Å². The van der Waals surface area contributed by atoms with E-state index in [0.29, 0.717) is 21.8 Å². The number of hydrazone groups is 1. The van der Waals surface area contributed by atoms with Gasteiger partial charge in [-0.3, -0.25) is 9.59 Å². The van der Waals surface area contributed by atoms with E-state index >= 15 is 0 Å². The Morgan fingerprint density at radius 2 is 1.60 bits per heavy atom. The SMILES string of the molecule is O=C(/C=C/c1ccccc1)Oc1ccc(Br)cc1/C=N\NC(=O)c1ccc(NC(=O)c2ccc(Cl)cc2Cl)cc1. The van der Waals surface area contributed by atoms with Crippen molar-refractivity contribution in [3.8, 4) is 5.75 Å². The number of rotatable bonds is 8. The molecule has 0 saturated heterocycles. The molecule has 0 saturated carbocycles. The lowest BCUT2D eigenvalue weighted by Gasteiger charge is -2.08. The number of hydrogen-bond donors (Lipinski definition) is 2. The quantitative estimate of drug-likeness (QED) is 0.0693. The lowest BCUT2D eigenvalue weighted by atomic mass is 10.1. The van der Waals surface area contributed by atoms with E-state index < -0.39 is 17.8 Å². The van der Waals surface area contributed by atoms with Crippen LogP contribution in [0.25, 0.3) is 6.08 Å². The van der Waals surface area contributed by atoms with Gasteiger partial charge in [0.2, 0.25) is 0 Å². The molecule has 7 nitrogen and oxygen atoms in total. The molecule has 0 aliphatic heterocycles. The maximum atomic E-state index is 12.6. The average molecular weight is 637 g/mol. The Hall–Kier alpha value is -4.24.